The summed E-state index contributed by atoms with van der Waals surface area (Å²) in [6.07, 6.45) is 2.44. The van der Waals surface area contributed by atoms with Crippen LogP contribution in [0.4, 0.5) is 0 Å². The van der Waals surface area contributed by atoms with Crippen LogP contribution in [0.15, 0.2) is 0 Å². The minimum absolute atomic E-state index is 0.0371. The zero-order chi connectivity index (χ0) is 13.4. The van der Waals surface area contributed by atoms with Crippen LogP contribution < -0.4 is 11.5 Å². The molecule has 5 nitrogen and oxygen atoms in total. The van der Waals surface area contributed by atoms with Crippen LogP contribution in [0.3, 0.4) is 0 Å². The minimum Gasteiger partial charge on any atom is -0.368 e. The van der Waals surface area contributed by atoms with E-state index in [0.717, 1.165) is 12.8 Å². The van der Waals surface area contributed by atoms with Gasteiger partial charge < -0.3 is 16.4 Å². The number of hydrogen-bond acceptors (Lipinski definition) is 3. The maximum absolute atomic E-state index is 12.0. The molecule has 0 saturated carbocycles. The second kappa shape index (κ2) is 8.06. The SMILES string of the molecule is CCCCN(CC(N)=O)C(=O)[C@@H](N)CC(C)C. The Labute approximate surface area is 104 Å². The lowest BCUT2D eigenvalue weighted by molar-refractivity contribution is -0.136. The van der Waals surface area contributed by atoms with E-state index in [0.29, 0.717) is 18.9 Å². The third kappa shape index (κ3) is 6.94. The van der Waals surface area contributed by atoms with Gasteiger partial charge in [-0.15, -0.1) is 0 Å². The van der Waals surface area contributed by atoms with Gasteiger partial charge in [0, 0.05) is 6.54 Å². The molecule has 0 aliphatic heterocycles. The Morgan fingerprint density at radius 3 is 2.29 bits per heavy atom. The Bertz CT molecular complexity index is 254. The van der Waals surface area contributed by atoms with Crippen molar-refractivity contribution in [3.63, 3.8) is 0 Å². The summed E-state index contributed by atoms with van der Waals surface area (Å²) in [5, 5.41) is 0. The highest BCUT2D eigenvalue weighted by atomic mass is 16.2. The molecule has 0 spiro atoms. The number of carbonyl (C=O) groups is 2. The smallest absolute Gasteiger partial charge is 0.239 e. The van der Waals surface area contributed by atoms with Crippen molar-refractivity contribution < 1.29 is 9.59 Å². The summed E-state index contributed by atoms with van der Waals surface area (Å²) in [5.74, 6) is -0.312. The summed E-state index contributed by atoms with van der Waals surface area (Å²) in [4.78, 5) is 24.4. The Balaban J connectivity index is 4.44. The molecule has 5 heteroatoms. The van der Waals surface area contributed by atoms with Gasteiger partial charge in [-0.2, -0.15) is 0 Å². The number of primary amides is 1. The van der Waals surface area contributed by atoms with Gasteiger partial charge in [0.25, 0.3) is 0 Å². The highest BCUT2D eigenvalue weighted by Crippen LogP contribution is 2.06. The predicted octanol–water partition coefficient (Wildman–Crippen LogP) is 0.474. The van der Waals surface area contributed by atoms with E-state index in [-0.39, 0.29) is 12.5 Å². The number of amides is 2. The molecule has 17 heavy (non-hydrogen) atoms. The summed E-state index contributed by atoms with van der Waals surface area (Å²) in [7, 11) is 0. The molecule has 0 aromatic heterocycles. The molecule has 0 heterocycles. The normalized spacial score (nSPS) is 12.5. The number of nitrogens with zero attached hydrogens (tertiary/aromatic N) is 1. The molecule has 0 aliphatic carbocycles. The maximum Gasteiger partial charge on any atom is 0.239 e. The standard InChI is InChI=1S/C12H25N3O2/c1-4-5-6-15(8-11(14)16)12(17)10(13)7-9(2)3/h9-10H,4-8,13H2,1-3H3,(H2,14,16)/t10-/m0/s1. The van der Waals surface area contributed by atoms with Gasteiger partial charge in [0.15, 0.2) is 0 Å². The van der Waals surface area contributed by atoms with Crippen molar-refractivity contribution in [2.75, 3.05) is 13.1 Å². The van der Waals surface area contributed by atoms with Crippen LogP contribution >= 0.6 is 0 Å². The highest BCUT2D eigenvalue weighted by Gasteiger charge is 2.22. The van der Waals surface area contributed by atoms with Crippen molar-refractivity contribution in [1.82, 2.24) is 4.90 Å². The molecular formula is C12H25N3O2. The number of nitrogens with two attached hydrogens (primary N) is 2. The monoisotopic (exact) mass is 243 g/mol. The molecule has 0 radical (unpaired) electrons. The zero-order valence-corrected chi connectivity index (χ0v) is 11.1. The molecule has 0 aromatic carbocycles. The van der Waals surface area contributed by atoms with Crippen molar-refractivity contribution in [3.8, 4) is 0 Å². The lowest BCUT2D eigenvalue weighted by Gasteiger charge is -2.25. The highest BCUT2D eigenvalue weighted by molar-refractivity contribution is 5.86. The molecule has 1 atom stereocenters. The second-order valence-corrected chi connectivity index (χ2v) is 4.82. The first-order chi connectivity index (χ1) is 7.88. The molecule has 0 saturated heterocycles. The molecule has 0 bridgehead atoms. The fourth-order valence-corrected chi connectivity index (χ4v) is 1.65. The van der Waals surface area contributed by atoms with E-state index in [4.69, 9.17) is 11.5 Å². The topological polar surface area (TPSA) is 89.4 Å². The summed E-state index contributed by atoms with van der Waals surface area (Å²) in [6.45, 7) is 6.56. The van der Waals surface area contributed by atoms with Crippen LogP contribution in [-0.2, 0) is 9.59 Å². The van der Waals surface area contributed by atoms with E-state index < -0.39 is 11.9 Å². The quantitative estimate of drug-likeness (QED) is 0.649. The Morgan fingerprint density at radius 1 is 1.29 bits per heavy atom. The van der Waals surface area contributed by atoms with Gasteiger partial charge in [-0.3, -0.25) is 9.59 Å². The first-order valence-corrected chi connectivity index (χ1v) is 6.21. The lowest BCUT2D eigenvalue weighted by Crippen LogP contribution is -2.47. The van der Waals surface area contributed by atoms with Crippen LogP contribution in [0.25, 0.3) is 0 Å². The van der Waals surface area contributed by atoms with Gasteiger partial charge in [-0.1, -0.05) is 27.2 Å². The first-order valence-electron chi connectivity index (χ1n) is 6.21. The van der Waals surface area contributed by atoms with Crippen LogP contribution in [0.1, 0.15) is 40.0 Å². The summed E-state index contributed by atoms with van der Waals surface area (Å²) in [5.41, 5.74) is 11.0. The van der Waals surface area contributed by atoms with Crippen molar-refractivity contribution in [1.29, 1.82) is 0 Å². The molecule has 0 unspecified atom stereocenters. The molecule has 100 valence electrons. The maximum atomic E-state index is 12.0. The van der Waals surface area contributed by atoms with Gasteiger partial charge in [-0.05, 0) is 18.8 Å². The summed E-state index contributed by atoms with van der Waals surface area (Å²) < 4.78 is 0. The van der Waals surface area contributed by atoms with E-state index in [1.165, 1.54) is 4.90 Å². The zero-order valence-electron chi connectivity index (χ0n) is 11.1. The van der Waals surface area contributed by atoms with E-state index in [2.05, 4.69) is 0 Å². The van der Waals surface area contributed by atoms with Gasteiger partial charge in [0.2, 0.25) is 11.8 Å². The number of rotatable bonds is 8. The third-order valence-electron chi connectivity index (χ3n) is 2.48. The molecule has 4 N–H and O–H groups in total. The number of unbranched alkanes of at least 4 members (excludes halogenated alkanes) is 1. The van der Waals surface area contributed by atoms with Crippen LogP contribution in [0.5, 0.6) is 0 Å². The van der Waals surface area contributed by atoms with Gasteiger partial charge >= 0.3 is 0 Å². The fraction of sp³-hybridized carbons (Fsp3) is 0.833. The predicted molar refractivity (Wildman–Crippen MR) is 68.1 cm³/mol. The van der Waals surface area contributed by atoms with Gasteiger partial charge in [0.05, 0.1) is 12.6 Å². The van der Waals surface area contributed by atoms with Crippen LogP contribution in [0.2, 0.25) is 0 Å². The van der Waals surface area contributed by atoms with Crippen molar-refractivity contribution >= 4 is 11.8 Å². The number of hydrogen-bond donors (Lipinski definition) is 2. The van der Waals surface area contributed by atoms with Crippen LogP contribution in [0, 0.1) is 5.92 Å². The molecule has 0 rings (SSSR count). The molecule has 0 fully saturated rings. The molecule has 0 aliphatic rings. The Morgan fingerprint density at radius 2 is 1.88 bits per heavy atom. The van der Waals surface area contributed by atoms with Gasteiger partial charge in [-0.25, -0.2) is 0 Å². The van der Waals surface area contributed by atoms with E-state index in [9.17, 15) is 9.59 Å². The van der Waals surface area contributed by atoms with Crippen LogP contribution in [-0.4, -0.2) is 35.8 Å². The summed E-state index contributed by atoms with van der Waals surface area (Å²) >= 11 is 0. The van der Waals surface area contributed by atoms with E-state index in [1.54, 1.807) is 0 Å². The lowest BCUT2D eigenvalue weighted by atomic mass is 10.0. The molecular weight excluding hydrogens is 218 g/mol. The Kier molecular flexibility index (Phi) is 7.54. The van der Waals surface area contributed by atoms with E-state index in [1.807, 2.05) is 20.8 Å². The summed E-state index contributed by atoms with van der Waals surface area (Å²) in [6, 6.07) is -0.536. The number of carbonyl (C=O) groups excluding carboxylic acids is 2. The Hall–Kier alpha value is -1.10. The minimum atomic E-state index is -0.536. The average molecular weight is 243 g/mol. The van der Waals surface area contributed by atoms with Gasteiger partial charge in [0.1, 0.15) is 0 Å². The van der Waals surface area contributed by atoms with Crippen molar-refractivity contribution in [2.24, 2.45) is 17.4 Å². The molecule has 2 amide bonds. The fourth-order valence-electron chi connectivity index (χ4n) is 1.65. The van der Waals surface area contributed by atoms with Crippen molar-refractivity contribution in [2.45, 2.75) is 46.1 Å². The largest absolute Gasteiger partial charge is 0.368 e. The third-order valence-corrected chi connectivity index (χ3v) is 2.48. The average Bonchev–Trinajstić information content (AvgIpc) is 2.21. The van der Waals surface area contributed by atoms with E-state index >= 15 is 0 Å². The second-order valence-electron chi connectivity index (χ2n) is 4.82. The molecule has 0 aromatic rings. The first kappa shape index (κ1) is 15.9. The van der Waals surface area contributed by atoms with Crippen molar-refractivity contribution in [3.05, 3.63) is 0 Å².